The molecule has 0 aliphatic carbocycles. The van der Waals surface area contributed by atoms with Gasteiger partial charge in [-0.3, -0.25) is 9.59 Å². The molecular weight excluding hydrogens is 401 g/mol. The average molecular weight is 419 g/mol. The van der Waals surface area contributed by atoms with E-state index in [1.807, 2.05) is 30.3 Å². The zero-order chi connectivity index (χ0) is 21.8. The molecule has 3 N–H and O–H groups in total. The smallest absolute Gasteiger partial charge is 0.286 e. The van der Waals surface area contributed by atoms with Crippen LogP contribution in [0.2, 0.25) is 0 Å². The molecule has 31 heavy (non-hydrogen) atoms. The average Bonchev–Trinajstić information content (AvgIpc) is 3.13. The molecule has 2 aromatic heterocycles. The Hall–Kier alpha value is -4.20. The minimum atomic E-state index is -0.882. The van der Waals surface area contributed by atoms with E-state index in [0.717, 1.165) is 18.1 Å². The summed E-state index contributed by atoms with van der Waals surface area (Å²) in [6, 6.07) is 16.7. The van der Waals surface area contributed by atoms with E-state index < -0.39 is 17.6 Å². The van der Waals surface area contributed by atoms with Gasteiger partial charge in [0.1, 0.15) is 17.1 Å². The second-order valence-corrected chi connectivity index (χ2v) is 6.73. The molecule has 8 heteroatoms. The van der Waals surface area contributed by atoms with Crippen molar-refractivity contribution in [2.75, 3.05) is 11.9 Å². The van der Waals surface area contributed by atoms with Crippen molar-refractivity contribution in [1.29, 1.82) is 0 Å². The molecule has 2 aromatic carbocycles. The third kappa shape index (κ3) is 4.53. The predicted molar refractivity (Wildman–Crippen MR) is 113 cm³/mol. The van der Waals surface area contributed by atoms with Crippen molar-refractivity contribution in [3.05, 3.63) is 89.6 Å². The number of furan rings is 1. The molecule has 0 bridgehead atoms. The number of nitrogens with one attached hydrogen (secondary N) is 1. The molecule has 0 radical (unpaired) electrons. The van der Waals surface area contributed by atoms with E-state index in [0.29, 0.717) is 12.5 Å². The SMILES string of the molecule is NC(=O)c1oc2ccc(F)cc2c1NC(=O)c1ccc(OCCc2ccccc2)nc1. The Morgan fingerprint density at radius 3 is 2.61 bits per heavy atom. The van der Waals surface area contributed by atoms with Gasteiger partial charge in [0.15, 0.2) is 0 Å². The van der Waals surface area contributed by atoms with Gasteiger partial charge in [0, 0.05) is 24.1 Å². The molecule has 0 fully saturated rings. The predicted octanol–water partition coefficient (Wildman–Crippen LogP) is 3.94. The van der Waals surface area contributed by atoms with Gasteiger partial charge in [-0.15, -0.1) is 0 Å². The number of aromatic nitrogens is 1. The molecule has 0 saturated heterocycles. The van der Waals surface area contributed by atoms with E-state index in [9.17, 15) is 14.0 Å². The number of ether oxygens (including phenoxy) is 1. The van der Waals surface area contributed by atoms with Crippen LogP contribution < -0.4 is 15.8 Å². The summed E-state index contributed by atoms with van der Waals surface area (Å²) in [5, 5.41) is 2.79. The summed E-state index contributed by atoms with van der Waals surface area (Å²) in [7, 11) is 0. The highest BCUT2D eigenvalue weighted by Gasteiger charge is 2.21. The fourth-order valence-corrected chi connectivity index (χ4v) is 3.07. The monoisotopic (exact) mass is 419 g/mol. The Kier molecular flexibility index (Phi) is 5.61. The van der Waals surface area contributed by atoms with Crippen molar-refractivity contribution in [2.24, 2.45) is 5.73 Å². The van der Waals surface area contributed by atoms with Gasteiger partial charge in [-0.25, -0.2) is 9.37 Å². The van der Waals surface area contributed by atoms with Gasteiger partial charge in [0.2, 0.25) is 11.6 Å². The van der Waals surface area contributed by atoms with E-state index in [1.165, 1.54) is 24.4 Å². The van der Waals surface area contributed by atoms with Crippen molar-refractivity contribution < 1.29 is 23.1 Å². The van der Waals surface area contributed by atoms with Crippen LogP contribution in [0.4, 0.5) is 10.1 Å². The first-order valence-corrected chi connectivity index (χ1v) is 9.47. The number of rotatable bonds is 7. The van der Waals surface area contributed by atoms with Gasteiger partial charge < -0.3 is 20.2 Å². The second kappa shape index (κ2) is 8.66. The van der Waals surface area contributed by atoms with Crippen molar-refractivity contribution in [2.45, 2.75) is 6.42 Å². The summed E-state index contributed by atoms with van der Waals surface area (Å²) in [4.78, 5) is 28.5. The lowest BCUT2D eigenvalue weighted by atomic mass is 10.2. The number of anilines is 1. The Bertz CT molecular complexity index is 1240. The lowest BCUT2D eigenvalue weighted by Gasteiger charge is -2.07. The first-order valence-electron chi connectivity index (χ1n) is 9.47. The van der Waals surface area contributed by atoms with Crippen LogP contribution in [0.1, 0.15) is 26.5 Å². The van der Waals surface area contributed by atoms with Gasteiger partial charge in [-0.1, -0.05) is 30.3 Å². The number of hydrogen-bond donors (Lipinski definition) is 2. The molecule has 2 amide bonds. The highest BCUT2D eigenvalue weighted by Crippen LogP contribution is 2.31. The van der Waals surface area contributed by atoms with Gasteiger partial charge >= 0.3 is 0 Å². The van der Waals surface area contributed by atoms with Crippen LogP contribution in [-0.2, 0) is 6.42 Å². The minimum absolute atomic E-state index is 0.00943. The van der Waals surface area contributed by atoms with E-state index >= 15 is 0 Å². The molecular formula is C23H18FN3O4. The van der Waals surface area contributed by atoms with E-state index in [4.69, 9.17) is 14.9 Å². The number of nitrogens with zero attached hydrogens (tertiary/aromatic N) is 1. The number of hydrogen-bond acceptors (Lipinski definition) is 5. The maximum atomic E-state index is 13.6. The maximum absolute atomic E-state index is 13.6. The standard InChI is InChI=1S/C23H18FN3O4/c24-16-7-8-18-17(12-16)20(21(31-18)22(25)28)27-23(29)15-6-9-19(26-13-15)30-11-10-14-4-2-1-3-5-14/h1-9,12-13H,10-11H2,(H2,25,28)(H,27,29). The third-order valence-electron chi connectivity index (χ3n) is 4.59. The van der Waals surface area contributed by atoms with Gasteiger partial charge in [-0.05, 0) is 29.8 Å². The number of halogens is 1. The highest BCUT2D eigenvalue weighted by molar-refractivity contribution is 6.14. The van der Waals surface area contributed by atoms with Crippen LogP contribution in [-0.4, -0.2) is 23.4 Å². The van der Waals surface area contributed by atoms with Crippen LogP contribution in [0.3, 0.4) is 0 Å². The summed E-state index contributed by atoms with van der Waals surface area (Å²) in [6.45, 7) is 0.442. The van der Waals surface area contributed by atoms with Crippen LogP contribution in [0.15, 0.2) is 71.3 Å². The van der Waals surface area contributed by atoms with Crippen molar-refractivity contribution in [3.8, 4) is 5.88 Å². The summed E-state index contributed by atoms with van der Waals surface area (Å²) in [5.74, 6) is -1.87. The van der Waals surface area contributed by atoms with Crippen molar-refractivity contribution >= 4 is 28.5 Å². The van der Waals surface area contributed by atoms with E-state index in [2.05, 4.69) is 10.3 Å². The maximum Gasteiger partial charge on any atom is 0.286 e. The lowest BCUT2D eigenvalue weighted by Crippen LogP contribution is -2.17. The quantitative estimate of drug-likeness (QED) is 0.472. The number of carbonyl (C=O) groups excluding carboxylic acids is 2. The lowest BCUT2D eigenvalue weighted by molar-refractivity contribution is 0.0977. The zero-order valence-corrected chi connectivity index (χ0v) is 16.3. The molecule has 156 valence electrons. The van der Waals surface area contributed by atoms with E-state index in [1.54, 1.807) is 6.07 Å². The highest BCUT2D eigenvalue weighted by atomic mass is 19.1. The Morgan fingerprint density at radius 1 is 1.10 bits per heavy atom. The largest absolute Gasteiger partial charge is 0.477 e. The van der Waals surface area contributed by atoms with Gasteiger partial charge in [-0.2, -0.15) is 0 Å². The second-order valence-electron chi connectivity index (χ2n) is 6.73. The van der Waals surface area contributed by atoms with Crippen molar-refractivity contribution in [3.63, 3.8) is 0 Å². The van der Waals surface area contributed by atoms with E-state index in [-0.39, 0.29) is 28.0 Å². The number of benzene rings is 2. The fraction of sp³-hybridized carbons (Fsp3) is 0.0870. The number of amides is 2. The van der Waals surface area contributed by atoms with Gasteiger partial charge in [0.25, 0.3) is 11.8 Å². The van der Waals surface area contributed by atoms with Crippen LogP contribution >= 0.6 is 0 Å². The minimum Gasteiger partial charge on any atom is -0.477 e. The number of carbonyl (C=O) groups is 2. The fourth-order valence-electron chi connectivity index (χ4n) is 3.07. The number of primary amides is 1. The molecule has 7 nitrogen and oxygen atoms in total. The Morgan fingerprint density at radius 2 is 1.90 bits per heavy atom. The Labute approximate surface area is 176 Å². The summed E-state index contributed by atoms with van der Waals surface area (Å²) in [6.07, 6.45) is 2.07. The molecule has 0 aliphatic heterocycles. The first-order chi connectivity index (χ1) is 15.0. The zero-order valence-electron chi connectivity index (χ0n) is 16.3. The first kappa shape index (κ1) is 20.1. The van der Waals surface area contributed by atoms with Crippen LogP contribution in [0.25, 0.3) is 11.0 Å². The number of pyridine rings is 1. The van der Waals surface area contributed by atoms with Crippen LogP contribution in [0.5, 0.6) is 5.88 Å². The molecule has 2 heterocycles. The number of nitrogens with two attached hydrogens (primary N) is 1. The molecule has 0 atom stereocenters. The molecule has 0 saturated carbocycles. The van der Waals surface area contributed by atoms with Crippen molar-refractivity contribution in [1.82, 2.24) is 4.98 Å². The molecule has 0 spiro atoms. The Balaban J connectivity index is 1.46. The summed E-state index contributed by atoms with van der Waals surface area (Å²) < 4.78 is 24.6. The summed E-state index contributed by atoms with van der Waals surface area (Å²) in [5.41, 5.74) is 6.93. The van der Waals surface area contributed by atoms with Crippen LogP contribution in [0, 0.1) is 5.82 Å². The molecule has 0 unspecified atom stereocenters. The molecule has 4 aromatic rings. The van der Waals surface area contributed by atoms with Gasteiger partial charge in [0.05, 0.1) is 12.2 Å². The summed E-state index contributed by atoms with van der Waals surface area (Å²) >= 11 is 0. The molecule has 4 rings (SSSR count). The molecule has 0 aliphatic rings. The topological polar surface area (TPSA) is 107 Å². The normalized spacial score (nSPS) is 10.7. The number of fused-ring (bicyclic) bond motifs is 1. The third-order valence-corrected chi connectivity index (χ3v) is 4.59.